The molecule has 1 aliphatic carbocycles. The van der Waals surface area contributed by atoms with Gasteiger partial charge in [0.1, 0.15) is 6.17 Å². The van der Waals surface area contributed by atoms with E-state index in [2.05, 4.69) is 22.2 Å². The van der Waals surface area contributed by atoms with Crippen molar-refractivity contribution in [2.24, 2.45) is 4.99 Å². The first-order chi connectivity index (χ1) is 7.27. The molecule has 0 amide bonds. The van der Waals surface area contributed by atoms with Gasteiger partial charge in [0.05, 0.1) is 12.2 Å². The van der Waals surface area contributed by atoms with Crippen molar-refractivity contribution in [1.82, 2.24) is 5.32 Å². The molecule has 0 spiro atoms. The molecule has 1 aliphatic heterocycles. The third-order valence-electron chi connectivity index (χ3n) is 2.40. The predicted molar refractivity (Wildman–Crippen MR) is 55.2 cm³/mol. The van der Waals surface area contributed by atoms with E-state index in [9.17, 15) is 8.78 Å². The zero-order chi connectivity index (χ0) is 10.7. The summed E-state index contributed by atoms with van der Waals surface area (Å²) in [5, 5.41) is 2.98. The molecule has 15 heavy (non-hydrogen) atoms. The van der Waals surface area contributed by atoms with E-state index in [4.69, 9.17) is 0 Å². The average molecular weight is 210 g/mol. The minimum atomic E-state index is -1.38. The number of halogens is 2. The number of aliphatic imine (C=N–C) groups is 1. The maximum absolute atomic E-state index is 13.7. The first-order valence-corrected chi connectivity index (χ1v) is 5.02. The van der Waals surface area contributed by atoms with Crippen molar-refractivity contribution in [3.63, 3.8) is 0 Å². The summed E-state index contributed by atoms with van der Waals surface area (Å²) in [5.74, 6) is 5.06. The molecule has 4 heteroatoms. The van der Waals surface area contributed by atoms with Gasteiger partial charge in [0.15, 0.2) is 6.17 Å². The maximum atomic E-state index is 13.7. The lowest BCUT2D eigenvalue weighted by Crippen LogP contribution is -2.27. The highest BCUT2D eigenvalue weighted by Gasteiger charge is 2.23. The van der Waals surface area contributed by atoms with E-state index < -0.39 is 12.3 Å². The van der Waals surface area contributed by atoms with Gasteiger partial charge < -0.3 is 5.32 Å². The number of rotatable bonds is 0. The summed E-state index contributed by atoms with van der Waals surface area (Å²) in [5.41, 5.74) is 1.01. The SMILES string of the molecule is FC1C[C@@H](F)C#CC2=C1NCC/C=N/C2. The van der Waals surface area contributed by atoms with Crippen LogP contribution in [0.3, 0.4) is 0 Å². The van der Waals surface area contributed by atoms with E-state index in [0.717, 1.165) is 6.42 Å². The molecule has 0 saturated carbocycles. The molecule has 2 rings (SSSR count). The van der Waals surface area contributed by atoms with Crippen molar-refractivity contribution < 1.29 is 8.78 Å². The Kier molecular flexibility index (Phi) is 3.00. The van der Waals surface area contributed by atoms with Crippen LogP contribution in [0.1, 0.15) is 12.8 Å². The van der Waals surface area contributed by atoms with Crippen molar-refractivity contribution in [2.75, 3.05) is 13.1 Å². The summed E-state index contributed by atoms with van der Waals surface area (Å²) >= 11 is 0. The van der Waals surface area contributed by atoms with Crippen LogP contribution in [0, 0.1) is 11.8 Å². The molecule has 2 atom stereocenters. The Labute approximate surface area is 87.5 Å². The Hall–Kier alpha value is -1.37. The molecule has 0 saturated heterocycles. The second kappa shape index (κ2) is 4.43. The fourth-order valence-electron chi connectivity index (χ4n) is 1.64. The van der Waals surface area contributed by atoms with E-state index in [-0.39, 0.29) is 6.42 Å². The molecule has 0 aromatic carbocycles. The lowest BCUT2D eigenvalue weighted by molar-refractivity contribution is 0.276. The molecule has 0 aromatic rings. The van der Waals surface area contributed by atoms with Gasteiger partial charge in [0.2, 0.25) is 0 Å². The highest BCUT2D eigenvalue weighted by Crippen LogP contribution is 2.20. The van der Waals surface area contributed by atoms with Crippen LogP contribution in [0.5, 0.6) is 0 Å². The van der Waals surface area contributed by atoms with Crippen molar-refractivity contribution in [3.8, 4) is 11.8 Å². The molecule has 0 radical (unpaired) electrons. The van der Waals surface area contributed by atoms with Gasteiger partial charge in [-0.25, -0.2) is 8.78 Å². The van der Waals surface area contributed by atoms with E-state index >= 15 is 0 Å². The second-order valence-electron chi connectivity index (χ2n) is 3.57. The standard InChI is InChI=1S/C11H12F2N2/c12-9-3-2-8-7-14-4-1-5-15-11(8)10(13)6-9/h4,9-10,15H,1,5-7H2/b14-4+/t9-,10?/m0/s1. The van der Waals surface area contributed by atoms with Crippen molar-refractivity contribution in [2.45, 2.75) is 25.2 Å². The number of nitrogens with zero attached hydrogens (tertiary/aromatic N) is 1. The Morgan fingerprint density at radius 1 is 1.47 bits per heavy atom. The van der Waals surface area contributed by atoms with Gasteiger partial charge in [-0.1, -0.05) is 11.8 Å². The van der Waals surface area contributed by atoms with Crippen molar-refractivity contribution in [3.05, 3.63) is 11.3 Å². The van der Waals surface area contributed by atoms with Gasteiger partial charge in [-0.3, -0.25) is 4.99 Å². The topological polar surface area (TPSA) is 24.4 Å². The minimum Gasteiger partial charge on any atom is -0.385 e. The van der Waals surface area contributed by atoms with Crippen molar-refractivity contribution >= 4 is 6.21 Å². The first-order valence-electron chi connectivity index (χ1n) is 5.02. The quantitative estimate of drug-likeness (QED) is 0.600. The molecular weight excluding hydrogens is 198 g/mol. The second-order valence-corrected chi connectivity index (χ2v) is 3.57. The smallest absolute Gasteiger partial charge is 0.164 e. The van der Waals surface area contributed by atoms with Crippen LogP contribution in [0.4, 0.5) is 8.78 Å². The molecule has 80 valence electrons. The third-order valence-corrected chi connectivity index (χ3v) is 2.40. The lowest BCUT2D eigenvalue weighted by Gasteiger charge is -2.17. The Bertz CT molecular complexity index is 363. The largest absolute Gasteiger partial charge is 0.385 e. The van der Waals surface area contributed by atoms with Crippen LogP contribution >= 0.6 is 0 Å². The van der Waals surface area contributed by atoms with Crippen LogP contribution in [-0.4, -0.2) is 31.6 Å². The molecular formula is C11H12F2N2. The summed E-state index contributed by atoms with van der Waals surface area (Å²) < 4.78 is 26.7. The Balaban J connectivity index is 2.30. The Morgan fingerprint density at radius 2 is 2.33 bits per heavy atom. The number of allylic oxidation sites excluding steroid dienone is 1. The van der Waals surface area contributed by atoms with Crippen LogP contribution in [0.2, 0.25) is 0 Å². The molecule has 1 unspecified atom stereocenters. The third kappa shape index (κ3) is 2.35. The number of alkyl halides is 2. The van der Waals surface area contributed by atoms with E-state index in [1.54, 1.807) is 6.21 Å². The molecule has 2 aliphatic rings. The summed E-state index contributed by atoms with van der Waals surface area (Å²) in [6.07, 6.45) is -0.313. The van der Waals surface area contributed by atoms with E-state index in [1.165, 1.54) is 0 Å². The maximum Gasteiger partial charge on any atom is 0.164 e. The molecule has 2 nitrogen and oxygen atoms in total. The highest BCUT2D eigenvalue weighted by atomic mass is 19.1. The zero-order valence-corrected chi connectivity index (χ0v) is 8.26. The summed E-state index contributed by atoms with van der Waals surface area (Å²) in [6.45, 7) is 0.976. The van der Waals surface area contributed by atoms with Crippen LogP contribution in [0.25, 0.3) is 0 Å². The average Bonchev–Trinajstić information content (AvgIpc) is 2.26. The molecule has 1 heterocycles. The van der Waals surface area contributed by atoms with Gasteiger partial charge in [0, 0.05) is 24.8 Å². The van der Waals surface area contributed by atoms with E-state index in [1.807, 2.05) is 0 Å². The van der Waals surface area contributed by atoms with Gasteiger partial charge in [-0.2, -0.15) is 0 Å². The van der Waals surface area contributed by atoms with Crippen LogP contribution in [0.15, 0.2) is 16.3 Å². The lowest BCUT2D eigenvalue weighted by atomic mass is 10.1. The van der Waals surface area contributed by atoms with E-state index in [0.29, 0.717) is 24.4 Å². The summed E-state index contributed by atoms with van der Waals surface area (Å²) in [7, 11) is 0. The monoisotopic (exact) mass is 210 g/mol. The Morgan fingerprint density at radius 3 is 3.20 bits per heavy atom. The van der Waals surface area contributed by atoms with Crippen LogP contribution in [-0.2, 0) is 0 Å². The summed E-state index contributed by atoms with van der Waals surface area (Å²) in [6, 6.07) is 0. The van der Waals surface area contributed by atoms with Gasteiger partial charge in [-0.05, 0) is 6.42 Å². The molecule has 0 fully saturated rings. The highest BCUT2D eigenvalue weighted by molar-refractivity contribution is 5.59. The molecule has 1 N–H and O–H groups in total. The normalized spacial score (nSPS) is 32.4. The zero-order valence-electron chi connectivity index (χ0n) is 8.26. The first kappa shape index (κ1) is 10.2. The molecule has 0 aromatic heterocycles. The van der Waals surface area contributed by atoms with Crippen molar-refractivity contribution in [1.29, 1.82) is 0 Å². The minimum absolute atomic E-state index is 0.178. The van der Waals surface area contributed by atoms with Gasteiger partial charge in [-0.15, -0.1) is 0 Å². The number of nitrogens with one attached hydrogen (secondary N) is 1. The number of hydrogen-bond donors (Lipinski definition) is 1. The predicted octanol–water partition coefficient (Wildman–Crippen LogP) is 1.39. The fraction of sp³-hybridized carbons (Fsp3) is 0.545. The molecule has 0 bridgehead atoms. The van der Waals surface area contributed by atoms with Gasteiger partial charge in [0.25, 0.3) is 0 Å². The fourth-order valence-corrected chi connectivity index (χ4v) is 1.64. The van der Waals surface area contributed by atoms with Gasteiger partial charge >= 0.3 is 0 Å². The number of hydrogen-bond acceptors (Lipinski definition) is 2. The van der Waals surface area contributed by atoms with Crippen LogP contribution < -0.4 is 5.32 Å². The summed E-state index contributed by atoms with van der Waals surface area (Å²) in [4.78, 5) is 4.10.